The molecule has 5 aliphatic rings. The van der Waals surface area contributed by atoms with Gasteiger partial charge in [-0.2, -0.15) is 0 Å². The quantitative estimate of drug-likeness (QED) is 0.232. The fourth-order valence-electron chi connectivity index (χ4n) is 12.5. The van der Waals surface area contributed by atoms with Crippen molar-refractivity contribution in [3.8, 4) is 0 Å². The Morgan fingerprint density at radius 2 is 1.52 bits per heavy atom. The van der Waals surface area contributed by atoms with E-state index in [0.29, 0.717) is 49.9 Å². The molecule has 5 aliphatic carbocycles. The maximum Gasteiger partial charge on any atom is 0.312 e. The van der Waals surface area contributed by atoms with E-state index in [0.717, 1.165) is 38.5 Å². The molecule has 0 aromatic rings. The number of esters is 1. The number of ether oxygens (including phenoxy) is 1. The van der Waals surface area contributed by atoms with Crippen LogP contribution in [0.4, 0.5) is 0 Å². The van der Waals surface area contributed by atoms with Crippen LogP contribution >= 0.6 is 0 Å². The lowest BCUT2D eigenvalue weighted by Gasteiger charge is -2.72. The Morgan fingerprint density at radius 1 is 0.833 bits per heavy atom. The van der Waals surface area contributed by atoms with Crippen molar-refractivity contribution in [1.82, 2.24) is 4.90 Å². The van der Waals surface area contributed by atoms with Crippen molar-refractivity contribution in [3.05, 3.63) is 12.2 Å². The SMILES string of the molecule is C=C(C)[C@@H]1CC[C@]2(C(=O)OCCN(CCO)CCO)CC[C@]3(C)[C@H](CC[C@@H]4[C@@]5(C)CC[C@H](O)C(C)(C)[C@@H]5CC[C@]43C)[C@@H]12. The third kappa shape index (κ3) is 4.67. The second kappa shape index (κ2) is 11.4. The first-order valence-corrected chi connectivity index (χ1v) is 17.2. The highest BCUT2D eigenvalue weighted by molar-refractivity contribution is 5.78. The maximum atomic E-state index is 14.2. The van der Waals surface area contributed by atoms with E-state index in [9.17, 15) is 20.1 Å². The molecule has 0 heterocycles. The molecule has 5 rings (SSSR count). The van der Waals surface area contributed by atoms with Crippen LogP contribution in [0.25, 0.3) is 0 Å². The second-order valence-corrected chi connectivity index (χ2v) is 16.6. The zero-order valence-corrected chi connectivity index (χ0v) is 27.6. The van der Waals surface area contributed by atoms with Crippen LogP contribution in [0.3, 0.4) is 0 Å². The molecule has 6 heteroatoms. The van der Waals surface area contributed by atoms with Gasteiger partial charge in [-0.05, 0) is 122 Å². The molecule has 0 amide bonds. The van der Waals surface area contributed by atoms with Crippen LogP contribution in [0.15, 0.2) is 12.2 Å². The van der Waals surface area contributed by atoms with Gasteiger partial charge in [0.1, 0.15) is 6.61 Å². The van der Waals surface area contributed by atoms with Gasteiger partial charge in [-0.1, -0.05) is 46.8 Å². The Bertz CT molecular complexity index is 1020. The molecule has 0 saturated heterocycles. The van der Waals surface area contributed by atoms with Gasteiger partial charge in [0.2, 0.25) is 0 Å². The fourth-order valence-corrected chi connectivity index (χ4v) is 12.5. The topological polar surface area (TPSA) is 90.2 Å². The van der Waals surface area contributed by atoms with Crippen LogP contribution < -0.4 is 0 Å². The van der Waals surface area contributed by atoms with Gasteiger partial charge in [0.05, 0.1) is 24.7 Å². The van der Waals surface area contributed by atoms with Crippen molar-refractivity contribution in [3.63, 3.8) is 0 Å². The number of aliphatic hydroxyl groups is 3. The summed E-state index contributed by atoms with van der Waals surface area (Å²) in [6.45, 7) is 20.9. The minimum absolute atomic E-state index is 0.0165. The third-order valence-corrected chi connectivity index (χ3v) is 14.9. The molecule has 5 saturated carbocycles. The predicted molar refractivity (Wildman–Crippen MR) is 167 cm³/mol. The van der Waals surface area contributed by atoms with Crippen LogP contribution in [-0.4, -0.2) is 71.7 Å². The van der Waals surface area contributed by atoms with E-state index in [1.165, 1.54) is 31.3 Å². The lowest BCUT2D eigenvalue weighted by Crippen LogP contribution is -2.67. The smallest absolute Gasteiger partial charge is 0.312 e. The van der Waals surface area contributed by atoms with Gasteiger partial charge in [-0.3, -0.25) is 9.69 Å². The molecule has 0 aliphatic heterocycles. The van der Waals surface area contributed by atoms with Crippen molar-refractivity contribution >= 4 is 5.97 Å². The molecule has 0 radical (unpaired) electrons. The molecule has 0 bridgehead atoms. The summed E-state index contributed by atoms with van der Waals surface area (Å²) >= 11 is 0. The van der Waals surface area contributed by atoms with Crippen molar-refractivity contribution in [1.29, 1.82) is 0 Å². The average Bonchev–Trinajstić information content (AvgIpc) is 3.33. The lowest BCUT2D eigenvalue weighted by atomic mass is 9.32. The molecule has 6 nitrogen and oxygen atoms in total. The van der Waals surface area contributed by atoms with E-state index < -0.39 is 5.41 Å². The highest BCUT2D eigenvalue weighted by atomic mass is 16.5. The fraction of sp³-hybridized carbons (Fsp3) is 0.917. The first-order chi connectivity index (χ1) is 19.7. The van der Waals surface area contributed by atoms with E-state index in [1.807, 2.05) is 4.90 Å². The average molecular weight is 588 g/mol. The Labute approximate surface area is 255 Å². The van der Waals surface area contributed by atoms with Gasteiger partial charge in [0, 0.05) is 19.6 Å². The molecule has 0 aromatic heterocycles. The number of nitrogens with zero attached hydrogens (tertiary/aromatic N) is 1. The lowest BCUT2D eigenvalue weighted by molar-refractivity contribution is -0.248. The summed E-state index contributed by atoms with van der Waals surface area (Å²) in [5.41, 5.74) is 1.37. The number of allylic oxidation sites excluding steroid dienone is 1. The number of carbonyl (C=O) groups excluding carboxylic acids is 1. The minimum atomic E-state index is -0.437. The van der Waals surface area contributed by atoms with Gasteiger partial charge in [-0.25, -0.2) is 0 Å². The van der Waals surface area contributed by atoms with Crippen molar-refractivity contribution in [2.45, 2.75) is 112 Å². The molecule has 10 atom stereocenters. The number of hydrogen-bond donors (Lipinski definition) is 3. The summed E-state index contributed by atoms with van der Waals surface area (Å²) in [5, 5.41) is 29.8. The van der Waals surface area contributed by atoms with Crippen LogP contribution in [0.1, 0.15) is 106 Å². The molecule has 0 spiro atoms. The van der Waals surface area contributed by atoms with Gasteiger partial charge in [0.25, 0.3) is 0 Å². The van der Waals surface area contributed by atoms with Crippen molar-refractivity contribution in [2.24, 2.45) is 56.7 Å². The van der Waals surface area contributed by atoms with E-state index in [4.69, 9.17) is 4.74 Å². The molecular weight excluding hydrogens is 526 g/mol. The van der Waals surface area contributed by atoms with E-state index in [2.05, 4.69) is 48.1 Å². The number of carbonyl (C=O) groups is 1. The number of aliphatic hydroxyl groups excluding tert-OH is 3. The molecule has 42 heavy (non-hydrogen) atoms. The van der Waals surface area contributed by atoms with Gasteiger partial charge >= 0.3 is 5.97 Å². The molecule has 3 N–H and O–H groups in total. The molecule has 0 unspecified atom stereocenters. The number of fused-ring (bicyclic) bond motifs is 7. The van der Waals surface area contributed by atoms with Gasteiger partial charge in [0.15, 0.2) is 0 Å². The van der Waals surface area contributed by atoms with Crippen LogP contribution in [0.2, 0.25) is 0 Å². The molecule has 0 aromatic carbocycles. The highest BCUT2D eigenvalue weighted by Gasteiger charge is 2.72. The van der Waals surface area contributed by atoms with Crippen molar-refractivity contribution < 1.29 is 24.9 Å². The van der Waals surface area contributed by atoms with Crippen LogP contribution in [0, 0.1) is 56.7 Å². The minimum Gasteiger partial charge on any atom is -0.464 e. The Hall–Kier alpha value is -0.950. The zero-order valence-electron chi connectivity index (χ0n) is 27.6. The number of hydrogen-bond acceptors (Lipinski definition) is 6. The molecule has 240 valence electrons. The van der Waals surface area contributed by atoms with E-state index >= 15 is 0 Å². The Balaban J connectivity index is 1.42. The van der Waals surface area contributed by atoms with Gasteiger partial charge in [-0.15, -0.1) is 0 Å². The summed E-state index contributed by atoms with van der Waals surface area (Å²) in [5.74, 6) is 2.29. The third-order valence-electron chi connectivity index (χ3n) is 14.9. The summed E-state index contributed by atoms with van der Waals surface area (Å²) < 4.78 is 6.10. The normalized spacial score (nSPS) is 45.9. The molecular formula is C36H61NO5. The van der Waals surface area contributed by atoms with Gasteiger partial charge < -0.3 is 20.1 Å². The Kier molecular flexibility index (Phi) is 8.84. The zero-order chi connectivity index (χ0) is 30.7. The second-order valence-electron chi connectivity index (χ2n) is 16.6. The van der Waals surface area contributed by atoms with E-state index in [1.54, 1.807) is 0 Å². The van der Waals surface area contributed by atoms with Crippen LogP contribution in [0.5, 0.6) is 0 Å². The first kappa shape index (κ1) is 32.4. The summed E-state index contributed by atoms with van der Waals surface area (Å²) in [6, 6.07) is 0. The first-order valence-electron chi connectivity index (χ1n) is 17.2. The molecule has 5 fully saturated rings. The summed E-state index contributed by atoms with van der Waals surface area (Å²) in [7, 11) is 0. The largest absolute Gasteiger partial charge is 0.464 e. The summed E-state index contributed by atoms with van der Waals surface area (Å²) in [4.78, 5) is 16.1. The number of rotatable bonds is 9. The Morgan fingerprint density at radius 3 is 2.17 bits per heavy atom. The maximum absolute atomic E-state index is 14.2. The van der Waals surface area contributed by atoms with Crippen molar-refractivity contribution in [2.75, 3.05) is 39.5 Å². The summed E-state index contributed by atoms with van der Waals surface area (Å²) in [6.07, 6.45) is 10.5. The standard InChI is InChI=1S/C36H61NO5/c1-24(2)25-10-15-36(31(41)42-23-20-37(18-21-38)19-22-39)17-16-34(6)26(30(25)36)8-9-28-33(5)13-12-29(40)32(3,4)27(33)11-14-35(28,34)7/h25-30,38-40H,1,8-23H2,2-7H3/t25-,26+,27-,28+,29-,30+,33-,34+,35+,36-/m0/s1. The highest BCUT2D eigenvalue weighted by Crippen LogP contribution is 2.77. The monoisotopic (exact) mass is 587 g/mol. The van der Waals surface area contributed by atoms with E-state index in [-0.39, 0.29) is 52.9 Å². The predicted octanol–water partition coefficient (Wildman–Crippen LogP) is 5.83. The van der Waals surface area contributed by atoms with Crippen LogP contribution in [-0.2, 0) is 9.53 Å².